The van der Waals surface area contributed by atoms with Gasteiger partial charge in [-0.05, 0) is 42.5 Å². The summed E-state index contributed by atoms with van der Waals surface area (Å²) in [6, 6.07) is 11.3. The Balaban J connectivity index is 1.66. The Labute approximate surface area is 123 Å². The fourth-order valence-electron chi connectivity index (χ4n) is 2.37. The summed E-state index contributed by atoms with van der Waals surface area (Å²) in [5.74, 6) is 1.52. The van der Waals surface area contributed by atoms with Crippen molar-refractivity contribution >= 4 is 5.78 Å². The molecule has 1 aromatic carbocycles. The van der Waals surface area contributed by atoms with Crippen LogP contribution in [-0.2, 0) is 0 Å². The number of hydrogen-bond acceptors (Lipinski definition) is 4. The largest absolute Gasteiger partial charge is 0.439 e. The van der Waals surface area contributed by atoms with Gasteiger partial charge < -0.3 is 9.84 Å². The number of ether oxygens (including phenoxy) is 1. The minimum atomic E-state index is -0.509. The lowest BCUT2D eigenvalue weighted by molar-refractivity contribution is 0.0903. The van der Waals surface area contributed by atoms with Gasteiger partial charge in [-0.25, -0.2) is 4.98 Å². The second kappa shape index (κ2) is 6.06. The number of benzene rings is 1. The van der Waals surface area contributed by atoms with E-state index in [1.807, 2.05) is 12.1 Å². The molecule has 3 rings (SSSR count). The minimum Gasteiger partial charge on any atom is -0.439 e. The van der Waals surface area contributed by atoms with E-state index in [1.54, 1.807) is 12.1 Å². The van der Waals surface area contributed by atoms with Crippen LogP contribution in [0.25, 0.3) is 0 Å². The van der Waals surface area contributed by atoms with Crippen molar-refractivity contribution in [2.75, 3.05) is 6.61 Å². The predicted octanol–water partition coefficient (Wildman–Crippen LogP) is 3.32. The van der Waals surface area contributed by atoms with Gasteiger partial charge in [-0.3, -0.25) is 4.79 Å². The van der Waals surface area contributed by atoms with Crippen molar-refractivity contribution in [3.05, 3.63) is 53.7 Å². The van der Waals surface area contributed by atoms with Gasteiger partial charge in [0.05, 0.1) is 0 Å². The number of Topliss-reactive ketones (excluding diaryl/α,β-unsaturated/α-hetero) is 1. The van der Waals surface area contributed by atoms with Gasteiger partial charge in [0.2, 0.25) is 5.88 Å². The van der Waals surface area contributed by atoms with E-state index < -0.39 is 6.61 Å². The van der Waals surface area contributed by atoms with E-state index in [9.17, 15) is 4.79 Å². The highest BCUT2D eigenvalue weighted by atomic mass is 16.5. The lowest BCUT2D eigenvalue weighted by Crippen LogP contribution is -2.08. The number of carbonyl (C=O) groups excluding carboxylic acids is 1. The maximum atomic E-state index is 11.3. The summed E-state index contributed by atoms with van der Waals surface area (Å²) in [6.45, 7) is -0.509. The van der Waals surface area contributed by atoms with Crippen LogP contribution in [-0.4, -0.2) is 22.5 Å². The van der Waals surface area contributed by atoms with E-state index in [2.05, 4.69) is 17.1 Å². The molecule has 1 aliphatic rings. The maximum Gasteiger partial charge on any atom is 0.219 e. The Morgan fingerprint density at radius 3 is 2.48 bits per heavy atom. The van der Waals surface area contributed by atoms with Crippen LogP contribution in [0, 0.1) is 0 Å². The van der Waals surface area contributed by atoms with E-state index in [1.165, 1.54) is 31.0 Å². The monoisotopic (exact) mass is 283 g/mol. The third-order valence-electron chi connectivity index (χ3n) is 3.88. The van der Waals surface area contributed by atoms with Gasteiger partial charge >= 0.3 is 0 Å². The maximum absolute atomic E-state index is 11.3. The Kier molecular flexibility index (Phi) is 3.97. The second-order valence-corrected chi connectivity index (χ2v) is 5.27. The van der Waals surface area contributed by atoms with Crippen LogP contribution in [0.1, 0.15) is 41.1 Å². The van der Waals surface area contributed by atoms with Gasteiger partial charge in [-0.2, -0.15) is 0 Å². The number of aliphatic hydroxyl groups is 1. The first kappa shape index (κ1) is 13.8. The standard InChI is InChI=1S/C17H17NO3/c19-11-16(20)14-6-9-17(18-10-14)21-15-7-4-13(5-8-15)12-2-1-3-12/h4-10,12,19H,1-3,11H2. The summed E-state index contributed by atoms with van der Waals surface area (Å²) in [6.07, 6.45) is 5.30. The lowest BCUT2D eigenvalue weighted by atomic mass is 9.80. The first-order chi connectivity index (χ1) is 10.3. The number of pyridine rings is 1. The summed E-state index contributed by atoms with van der Waals surface area (Å²) in [5, 5.41) is 8.78. The molecule has 0 amide bonds. The van der Waals surface area contributed by atoms with Crippen molar-refractivity contribution in [1.82, 2.24) is 4.98 Å². The highest BCUT2D eigenvalue weighted by molar-refractivity contribution is 5.96. The molecule has 0 bridgehead atoms. The van der Waals surface area contributed by atoms with Crippen molar-refractivity contribution in [3.8, 4) is 11.6 Å². The van der Waals surface area contributed by atoms with Crippen molar-refractivity contribution in [3.63, 3.8) is 0 Å². The molecule has 0 atom stereocenters. The number of ketones is 1. The number of rotatable bonds is 5. The summed E-state index contributed by atoms with van der Waals surface area (Å²) < 4.78 is 5.65. The third kappa shape index (κ3) is 3.11. The number of aromatic nitrogens is 1. The molecule has 0 radical (unpaired) electrons. The van der Waals surface area contributed by atoms with Gasteiger partial charge in [0, 0.05) is 17.8 Å². The second-order valence-electron chi connectivity index (χ2n) is 5.27. The topological polar surface area (TPSA) is 59.4 Å². The highest BCUT2D eigenvalue weighted by Gasteiger charge is 2.19. The molecule has 1 N–H and O–H groups in total. The number of aliphatic hydroxyl groups excluding tert-OH is 1. The Bertz CT molecular complexity index is 615. The molecular weight excluding hydrogens is 266 g/mol. The van der Waals surface area contributed by atoms with Gasteiger partial charge in [0.1, 0.15) is 12.4 Å². The highest BCUT2D eigenvalue weighted by Crippen LogP contribution is 2.37. The average Bonchev–Trinajstić information content (AvgIpc) is 2.47. The molecule has 0 spiro atoms. The van der Waals surface area contributed by atoms with Crippen molar-refractivity contribution in [1.29, 1.82) is 0 Å². The Morgan fingerprint density at radius 2 is 1.95 bits per heavy atom. The molecule has 4 nitrogen and oxygen atoms in total. The van der Waals surface area contributed by atoms with Gasteiger partial charge in [-0.1, -0.05) is 18.6 Å². The average molecular weight is 283 g/mol. The van der Waals surface area contributed by atoms with E-state index in [0.717, 1.165) is 5.75 Å². The fraction of sp³-hybridized carbons (Fsp3) is 0.294. The fourth-order valence-corrected chi connectivity index (χ4v) is 2.37. The van der Waals surface area contributed by atoms with E-state index in [4.69, 9.17) is 9.84 Å². The predicted molar refractivity (Wildman–Crippen MR) is 78.8 cm³/mol. The molecule has 4 heteroatoms. The van der Waals surface area contributed by atoms with Gasteiger partial charge in [-0.15, -0.1) is 0 Å². The minimum absolute atomic E-state index is 0.348. The SMILES string of the molecule is O=C(CO)c1ccc(Oc2ccc(C3CCC3)cc2)nc1. The number of carbonyl (C=O) groups is 1. The van der Waals surface area contributed by atoms with Crippen LogP contribution >= 0.6 is 0 Å². The van der Waals surface area contributed by atoms with Crippen LogP contribution in [0.3, 0.4) is 0 Å². The van der Waals surface area contributed by atoms with Crippen LogP contribution in [0.4, 0.5) is 0 Å². The zero-order valence-electron chi connectivity index (χ0n) is 11.7. The zero-order valence-corrected chi connectivity index (χ0v) is 11.7. The molecule has 0 saturated heterocycles. The lowest BCUT2D eigenvalue weighted by Gasteiger charge is -2.25. The first-order valence-corrected chi connectivity index (χ1v) is 7.14. The molecule has 1 aromatic heterocycles. The van der Waals surface area contributed by atoms with Crippen molar-refractivity contribution in [2.45, 2.75) is 25.2 Å². The molecule has 21 heavy (non-hydrogen) atoms. The van der Waals surface area contributed by atoms with Crippen LogP contribution in [0.5, 0.6) is 11.6 Å². The first-order valence-electron chi connectivity index (χ1n) is 7.14. The van der Waals surface area contributed by atoms with Gasteiger partial charge in [0.15, 0.2) is 5.78 Å². The molecule has 1 saturated carbocycles. The summed E-state index contributed by atoms with van der Waals surface area (Å²) >= 11 is 0. The Hall–Kier alpha value is -2.20. The smallest absolute Gasteiger partial charge is 0.219 e. The summed E-state index contributed by atoms with van der Waals surface area (Å²) in [7, 11) is 0. The Morgan fingerprint density at radius 1 is 1.19 bits per heavy atom. The van der Waals surface area contributed by atoms with Crippen LogP contribution in [0.2, 0.25) is 0 Å². The molecule has 2 aromatic rings. The van der Waals surface area contributed by atoms with Crippen LogP contribution < -0.4 is 4.74 Å². The summed E-state index contributed by atoms with van der Waals surface area (Å²) in [5.41, 5.74) is 1.75. The van der Waals surface area contributed by atoms with E-state index in [0.29, 0.717) is 17.4 Å². The number of hydrogen-bond donors (Lipinski definition) is 1. The van der Waals surface area contributed by atoms with Crippen molar-refractivity contribution in [2.24, 2.45) is 0 Å². The zero-order chi connectivity index (χ0) is 14.7. The molecule has 1 fully saturated rings. The molecule has 0 aliphatic heterocycles. The normalized spacial score (nSPS) is 14.5. The molecule has 108 valence electrons. The molecule has 0 unspecified atom stereocenters. The van der Waals surface area contributed by atoms with Crippen molar-refractivity contribution < 1.29 is 14.6 Å². The van der Waals surface area contributed by atoms with Crippen LogP contribution in [0.15, 0.2) is 42.6 Å². The van der Waals surface area contributed by atoms with E-state index in [-0.39, 0.29) is 5.78 Å². The molecular formula is C17H17NO3. The quantitative estimate of drug-likeness (QED) is 0.855. The van der Waals surface area contributed by atoms with E-state index >= 15 is 0 Å². The third-order valence-corrected chi connectivity index (χ3v) is 3.88. The van der Waals surface area contributed by atoms with Gasteiger partial charge in [0.25, 0.3) is 0 Å². The summed E-state index contributed by atoms with van der Waals surface area (Å²) in [4.78, 5) is 15.4. The molecule has 1 heterocycles. The molecule has 1 aliphatic carbocycles. The number of nitrogens with zero attached hydrogens (tertiary/aromatic N) is 1.